The lowest BCUT2D eigenvalue weighted by Crippen LogP contribution is -2.18. The standard InChI is InChI=1S/C19H17N3O3S/c1-2-24-18(23)15-12-26-19(20-15)22-16(17-9-6-10-25-17)11-14(21-22)13-7-4-3-5-8-13/h3-10,12,16H,2,11H2,1H3. The first kappa shape index (κ1) is 16.5. The fourth-order valence-corrected chi connectivity index (χ4v) is 3.66. The molecule has 1 aliphatic rings. The number of benzene rings is 1. The molecular weight excluding hydrogens is 350 g/mol. The van der Waals surface area contributed by atoms with Crippen LogP contribution in [-0.4, -0.2) is 23.3 Å². The Morgan fingerprint density at radius 2 is 2.15 bits per heavy atom. The molecule has 0 saturated heterocycles. The maximum absolute atomic E-state index is 11.9. The van der Waals surface area contributed by atoms with Crippen molar-refractivity contribution in [3.8, 4) is 0 Å². The van der Waals surface area contributed by atoms with E-state index in [2.05, 4.69) is 4.98 Å². The first-order valence-corrected chi connectivity index (χ1v) is 9.22. The van der Waals surface area contributed by atoms with Gasteiger partial charge in [0.2, 0.25) is 5.13 Å². The molecule has 0 aliphatic carbocycles. The lowest BCUT2D eigenvalue weighted by atomic mass is 10.0. The van der Waals surface area contributed by atoms with E-state index in [1.54, 1.807) is 18.6 Å². The normalized spacial score (nSPS) is 16.6. The highest BCUT2D eigenvalue weighted by molar-refractivity contribution is 7.13. The van der Waals surface area contributed by atoms with Gasteiger partial charge in [0.25, 0.3) is 0 Å². The monoisotopic (exact) mass is 367 g/mol. The summed E-state index contributed by atoms with van der Waals surface area (Å²) in [5, 5.41) is 8.93. The summed E-state index contributed by atoms with van der Waals surface area (Å²) >= 11 is 1.36. The van der Waals surface area contributed by atoms with Gasteiger partial charge in [-0.15, -0.1) is 11.3 Å². The SMILES string of the molecule is CCOC(=O)c1csc(N2N=C(c3ccccc3)CC2c2ccco2)n1. The number of anilines is 1. The van der Waals surface area contributed by atoms with Gasteiger partial charge in [-0.05, 0) is 24.6 Å². The molecule has 4 rings (SSSR count). The number of ether oxygens (including phenoxy) is 1. The molecule has 0 bridgehead atoms. The Morgan fingerprint density at radius 1 is 1.31 bits per heavy atom. The van der Waals surface area contributed by atoms with Crippen LogP contribution in [0.1, 0.15) is 41.2 Å². The number of carbonyl (C=O) groups is 1. The van der Waals surface area contributed by atoms with Crippen LogP contribution < -0.4 is 5.01 Å². The first-order chi connectivity index (χ1) is 12.8. The Morgan fingerprint density at radius 3 is 2.88 bits per heavy atom. The molecule has 0 fully saturated rings. The Hall–Kier alpha value is -2.93. The summed E-state index contributed by atoms with van der Waals surface area (Å²) in [6.45, 7) is 2.09. The second-order valence-electron chi connectivity index (χ2n) is 5.73. The van der Waals surface area contributed by atoms with Crippen LogP contribution in [0.2, 0.25) is 0 Å². The van der Waals surface area contributed by atoms with Gasteiger partial charge in [-0.1, -0.05) is 30.3 Å². The third-order valence-electron chi connectivity index (χ3n) is 4.06. The van der Waals surface area contributed by atoms with Gasteiger partial charge in [-0.3, -0.25) is 0 Å². The number of thiazole rings is 1. The van der Waals surface area contributed by atoms with E-state index >= 15 is 0 Å². The number of hydrogen-bond acceptors (Lipinski definition) is 7. The molecule has 1 aliphatic heterocycles. The molecule has 0 saturated carbocycles. The maximum Gasteiger partial charge on any atom is 0.357 e. The minimum Gasteiger partial charge on any atom is -0.467 e. The number of furan rings is 1. The van der Waals surface area contributed by atoms with Crippen molar-refractivity contribution in [1.82, 2.24) is 4.98 Å². The van der Waals surface area contributed by atoms with Gasteiger partial charge in [0.05, 0.1) is 18.6 Å². The van der Waals surface area contributed by atoms with Crippen LogP contribution in [0.25, 0.3) is 0 Å². The minimum absolute atomic E-state index is 0.0959. The van der Waals surface area contributed by atoms with Crippen LogP contribution in [0, 0.1) is 0 Å². The van der Waals surface area contributed by atoms with Crippen molar-refractivity contribution < 1.29 is 13.9 Å². The van der Waals surface area contributed by atoms with E-state index in [1.807, 2.05) is 47.5 Å². The lowest BCUT2D eigenvalue weighted by molar-refractivity contribution is 0.0520. The number of rotatable bonds is 5. The zero-order valence-corrected chi connectivity index (χ0v) is 15.0. The van der Waals surface area contributed by atoms with Gasteiger partial charge in [0.1, 0.15) is 11.8 Å². The van der Waals surface area contributed by atoms with Crippen molar-refractivity contribution in [2.24, 2.45) is 5.10 Å². The highest BCUT2D eigenvalue weighted by atomic mass is 32.1. The number of hydrogen-bond donors (Lipinski definition) is 0. The molecule has 3 heterocycles. The molecule has 132 valence electrons. The van der Waals surface area contributed by atoms with E-state index < -0.39 is 5.97 Å². The topological polar surface area (TPSA) is 67.9 Å². The average Bonchev–Trinajstić information content (AvgIpc) is 3.41. The van der Waals surface area contributed by atoms with Crippen molar-refractivity contribution in [3.05, 3.63) is 71.1 Å². The van der Waals surface area contributed by atoms with Gasteiger partial charge in [-0.2, -0.15) is 5.10 Å². The molecule has 1 unspecified atom stereocenters. The predicted octanol–water partition coefficient (Wildman–Crippen LogP) is 4.27. The van der Waals surface area contributed by atoms with Gasteiger partial charge in [-0.25, -0.2) is 14.8 Å². The van der Waals surface area contributed by atoms with Gasteiger partial charge in [0.15, 0.2) is 5.69 Å². The van der Waals surface area contributed by atoms with Gasteiger partial charge < -0.3 is 9.15 Å². The van der Waals surface area contributed by atoms with E-state index in [9.17, 15) is 4.79 Å². The molecule has 1 aromatic carbocycles. The second-order valence-corrected chi connectivity index (χ2v) is 6.56. The molecular formula is C19H17N3O3S. The Kier molecular flexibility index (Phi) is 4.53. The second kappa shape index (κ2) is 7.13. The van der Waals surface area contributed by atoms with Crippen molar-refractivity contribution >= 4 is 28.1 Å². The number of aromatic nitrogens is 1. The smallest absolute Gasteiger partial charge is 0.357 e. The van der Waals surface area contributed by atoms with Crippen LogP contribution in [0.5, 0.6) is 0 Å². The number of carbonyl (C=O) groups excluding carboxylic acids is 1. The molecule has 3 aromatic rings. The summed E-state index contributed by atoms with van der Waals surface area (Å²) < 4.78 is 10.6. The largest absolute Gasteiger partial charge is 0.467 e. The fourth-order valence-electron chi connectivity index (χ4n) is 2.86. The number of hydrazone groups is 1. The molecule has 0 radical (unpaired) electrons. The molecule has 2 aromatic heterocycles. The Bertz CT molecular complexity index is 919. The highest BCUT2D eigenvalue weighted by Gasteiger charge is 2.33. The summed E-state index contributed by atoms with van der Waals surface area (Å²) in [4.78, 5) is 16.3. The third-order valence-corrected chi connectivity index (χ3v) is 4.89. The Balaban J connectivity index is 1.68. The van der Waals surface area contributed by atoms with Crippen molar-refractivity contribution in [2.45, 2.75) is 19.4 Å². The van der Waals surface area contributed by atoms with Crippen molar-refractivity contribution in [1.29, 1.82) is 0 Å². The van der Waals surface area contributed by atoms with E-state index in [0.717, 1.165) is 17.0 Å². The maximum atomic E-state index is 11.9. The summed E-state index contributed by atoms with van der Waals surface area (Å²) in [7, 11) is 0. The van der Waals surface area contributed by atoms with Gasteiger partial charge >= 0.3 is 5.97 Å². The van der Waals surface area contributed by atoms with E-state index in [1.165, 1.54) is 11.3 Å². The van der Waals surface area contributed by atoms with Crippen molar-refractivity contribution in [3.63, 3.8) is 0 Å². The molecule has 26 heavy (non-hydrogen) atoms. The van der Waals surface area contributed by atoms with Crippen molar-refractivity contribution in [2.75, 3.05) is 11.6 Å². The van der Waals surface area contributed by atoms with Crippen LogP contribution in [0.4, 0.5) is 5.13 Å². The zero-order valence-electron chi connectivity index (χ0n) is 14.2. The molecule has 7 heteroatoms. The summed E-state index contributed by atoms with van der Waals surface area (Å²) in [6.07, 6.45) is 2.35. The van der Waals surface area contributed by atoms with E-state index in [0.29, 0.717) is 23.9 Å². The van der Waals surface area contributed by atoms with E-state index in [-0.39, 0.29) is 6.04 Å². The fraction of sp³-hybridized carbons (Fsp3) is 0.211. The molecule has 0 amide bonds. The van der Waals surface area contributed by atoms with Crippen LogP contribution in [0.15, 0.2) is 63.6 Å². The van der Waals surface area contributed by atoms with Crippen LogP contribution in [0.3, 0.4) is 0 Å². The number of esters is 1. The Labute approximate surface area is 154 Å². The molecule has 0 N–H and O–H groups in total. The van der Waals surface area contributed by atoms with E-state index in [4.69, 9.17) is 14.3 Å². The lowest BCUT2D eigenvalue weighted by Gasteiger charge is -2.18. The number of nitrogens with zero attached hydrogens (tertiary/aromatic N) is 3. The first-order valence-electron chi connectivity index (χ1n) is 8.34. The summed E-state index contributed by atoms with van der Waals surface area (Å²) in [5.41, 5.74) is 2.32. The molecule has 1 atom stereocenters. The minimum atomic E-state index is -0.420. The third kappa shape index (κ3) is 3.13. The highest BCUT2D eigenvalue weighted by Crippen LogP contribution is 2.38. The van der Waals surface area contributed by atoms with Gasteiger partial charge in [0, 0.05) is 11.8 Å². The predicted molar refractivity (Wildman–Crippen MR) is 99.6 cm³/mol. The zero-order chi connectivity index (χ0) is 17.9. The van der Waals surface area contributed by atoms with Crippen LogP contribution in [-0.2, 0) is 4.74 Å². The summed E-state index contributed by atoms with van der Waals surface area (Å²) in [5.74, 6) is 0.392. The summed E-state index contributed by atoms with van der Waals surface area (Å²) in [6, 6.07) is 13.7. The quantitative estimate of drug-likeness (QED) is 0.630. The molecule has 6 nitrogen and oxygen atoms in total. The van der Waals surface area contributed by atoms with Crippen LogP contribution >= 0.6 is 11.3 Å². The average molecular weight is 367 g/mol. The molecule has 0 spiro atoms.